The second-order valence-electron chi connectivity index (χ2n) is 5.84. The van der Waals surface area contributed by atoms with Crippen LogP contribution in [-0.2, 0) is 11.2 Å². The van der Waals surface area contributed by atoms with Gasteiger partial charge < -0.3 is 5.11 Å². The number of rotatable bonds is 3. The highest BCUT2D eigenvalue weighted by Gasteiger charge is 2.36. The van der Waals surface area contributed by atoms with Crippen molar-refractivity contribution in [1.29, 1.82) is 0 Å². The molecule has 19 heavy (non-hydrogen) atoms. The Morgan fingerprint density at radius 3 is 2.37 bits per heavy atom. The summed E-state index contributed by atoms with van der Waals surface area (Å²) in [6.07, 6.45) is 6.15. The van der Waals surface area contributed by atoms with Gasteiger partial charge in [0.2, 0.25) is 0 Å². The van der Waals surface area contributed by atoms with Crippen LogP contribution in [0.5, 0.6) is 5.75 Å². The van der Waals surface area contributed by atoms with Crippen LogP contribution < -0.4 is 0 Å². The van der Waals surface area contributed by atoms with Crippen molar-refractivity contribution < 1.29 is 9.90 Å². The maximum absolute atomic E-state index is 11.7. The Morgan fingerprint density at radius 2 is 1.74 bits per heavy atom. The summed E-state index contributed by atoms with van der Waals surface area (Å²) in [5, 5.41) is 9.29. The molecule has 3 nitrogen and oxygen atoms in total. The Hall–Kier alpha value is -1.35. The minimum atomic E-state index is 0.323. The minimum Gasteiger partial charge on any atom is -0.508 e. The molecule has 3 rings (SSSR count). The first-order valence-electron chi connectivity index (χ1n) is 7.28. The average molecular weight is 259 g/mol. The number of fused-ring (bicyclic) bond motifs is 2. The normalized spacial score (nSPS) is 27.5. The van der Waals surface area contributed by atoms with Crippen molar-refractivity contribution in [3.63, 3.8) is 0 Å². The Kier molecular flexibility index (Phi) is 3.56. The lowest BCUT2D eigenvalue weighted by molar-refractivity contribution is -0.127. The van der Waals surface area contributed by atoms with Gasteiger partial charge in [0.05, 0.1) is 0 Å². The smallest absolute Gasteiger partial charge is 0.136 e. The molecule has 2 aliphatic rings. The van der Waals surface area contributed by atoms with Gasteiger partial charge in [-0.05, 0) is 37.0 Å². The van der Waals surface area contributed by atoms with Gasteiger partial charge in [0, 0.05) is 31.5 Å². The summed E-state index contributed by atoms with van der Waals surface area (Å²) in [5.74, 6) is 0.778. The standard InChI is InChI=1S/C16H21NO2/c18-15-6-4-12(5-7-15)8-9-17-13-2-1-3-14(17)11-16(19)10-13/h4-7,13-14,18H,1-3,8-11H2. The van der Waals surface area contributed by atoms with E-state index in [0.29, 0.717) is 23.6 Å². The number of hydrogen-bond donors (Lipinski definition) is 1. The zero-order valence-electron chi connectivity index (χ0n) is 11.2. The summed E-state index contributed by atoms with van der Waals surface area (Å²) < 4.78 is 0. The third-order valence-electron chi connectivity index (χ3n) is 4.53. The zero-order chi connectivity index (χ0) is 13.2. The molecule has 1 N–H and O–H groups in total. The van der Waals surface area contributed by atoms with Crippen LogP contribution >= 0.6 is 0 Å². The lowest BCUT2D eigenvalue weighted by atomic mass is 9.83. The van der Waals surface area contributed by atoms with E-state index in [9.17, 15) is 9.90 Å². The van der Waals surface area contributed by atoms with Crippen molar-refractivity contribution in [2.75, 3.05) is 6.54 Å². The van der Waals surface area contributed by atoms with E-state index in [1.54, 1.807) is 12.1 Å². The fraction of sp³-hybridized carbons (Fsp3) is 0.562. The Labute approximate surface area is 114 Å². The van der Waals surface area contributed by atoms with Crippen molar-refractivity contribution in [2.24, 2.45) is 0 Å². The number of hydrogen-bond acceptors (Lipinski definition) is 3. The van der Waals surface area contributed by atoms with Crippen LogP contribution in [0.3, 0.4) is 0 Å². The molecule has 0 aromatic heterocycles. The van der Waals surface area contributed by atoms with Gasteiger partial charge in [0.1, 0.15) is 11.5 Å². The summed E-state index contributed by atoms with van der Waals surface area (Å²) >= 11 is 0. The molecule has 2 aliphatic heterocycles. The molecule has 1 aromatic rings. The van der Waals surface area contributed by atoms with Crippen LogP contribution in [0.4, 0.5) is 0 Å². The number of piperidine rings is 2. The molecule has 2 atom stereocenters. The maximum atomic E-state index is 11.7. The maximum Gasteiger partial charge on any atom is 0.136 e. The number of Topliss-reactive ketones (excluding diaryl/α,β-unsaturated/α-hetero) is 1. The first-order valence-corrected chi connectivity index (χ1v) is 7.28. The molecule has 102 valence electrons. The van der Waals surface area contributed by atoms with E-state index in [2.05, 4.69) is 4.90 Å². The first-order chi connectivity index (χ1) is 9.22. The van der Waals surface area contributed by atoms with Crippen molar-refractivity contribution in [3.05, 3.63) is 29.8 Å². The van der Waals surface area contributed by atoms with Gasteiger partial charge >= 0.3 is 0 Å². The number of benzene rings is 1. The molecule has 2 saturated heterocycles. The number of phenols is 1. The van der Waals surface area contributed by atoms with Gasteiger partial charge in [-0.15, -0.1) is 0 Å². The highest BCUT2D eigenvalue weighted by molar-refractivity contribution is 5.80. The molecule has 0 spiro atoms. The second kappa shape index (κ2) is 5.33. The zero-order valence-corrected chi connectivity index (χ0v) is 11.2. The summed E-state index contributed by atoms with van der Waals surface area (Å²) in [6, 6.07) is 8.43. The Balaban J connectivity index is 1.63. The van der Waals surface area contributed by atoms with E-state index in [1.165, 1.54) is 24.8 Å². The SMILES string of the molecule is O=C1CC2CCCC(C1)N2CCc1ccc(O)cc1. The lowest BCUT2D eigenvalue weighted by Crippen LogP contribution is -2.52. The fourth-order valence-electron chi connectivity index (χ4n) is 3.55. The third kappa shape index (κ3) is 2.81. The summed E-state index contributed by atoms with van der Waals surface area (Å²) in [7, 11) is 0. The van der Waals surface area contributed by atoms with Gasteiger partial charge in [0.15, 0.2) is 0 Å². The molecule has 0 radical (unpaired) electrons. The van der Waals surface area contributed by atoms with Crippen molar-refractivity contribution in [2.45, 2.75) is 50.6 Å². The molecule has 2 fully saturated rings. The van der Waals surface area contributed by atoms with Gasteiger partial charge in [-0.3, -0.25) is 9.69 Å². The molecule has 0 aliphatic carbocycles. The number of carbonyl (C=O) groups excluding carboxylic acids is 1. The molecule has 0 saturated carbocycles. The first kappa shape index (κ1) is 12.7. The molecular formula is C16H21NO2. The van der Waals surface area contributed by atoms with Gasteiger partial charge in [-0.2, -0.15) is 0 Å². The molecule has 2 unspecified atom stereocenters. The highest BCUT2D eigenvalue weighted by atomic mass is 16.3. The highest BCUT2D eigenvalue weighted by Crippen LogP contribution is 2.32. The number of aromatic hydroxyl groups is 1. The van der Waals surface area contributed by atoms with Gasteiger partial charge in [-0.1, -0.05) is 18.6 Å². The predicted octanol–water partition coefficient (Wildman–Crippen LogP) is 2.52. The fourth-order valence-corrected chi connectivity index (χ4v) is 3.55. The number of nitrogens with zero attached hydrogens (tertiary/aromatic N) is 1. The molecule has 1 aromatic carbocycles. The van der Waals surface area contributed by atoms with E-state index < -0.39 is 0 Å². The van der Waals surface area contributed by atoms with Crippen LogP contribution in [-0.4, -0.2) is 34.4 Å². The molecule has 2 bridgehead atoms. The van der Waals surface area contributed by atoms with Crippen LogP contribution in [0.2, 0.25) is 0 Å². The minimum absolute atomic E-state index is 0.323. The van der Waals surface area contributed by atoms with E-state index in [-0.39, 0.29) is 0 Å². The topological polar surface area (TPSA) is 40.5 Å². The van der Waals surface area contributed by atoms with Crippen LogP contribution in [0, 0.1) is 0 Å². The monoisotopic (exact) mass is 259 g/mol. The molecule has 3 heteroatoms. The van der Waals surface area contributed by atoms with Crippen molar-refractivity contribution in [3.8, 4) is 5.75 Å². The largest absolute Gasteiger partial charge is 0.508 e. The molecular weight excluding hydrogens is 238 g/mol. The predicted molar refractivity (Wildman–Crippen MR) is 74.2 cm³/mol. The van der Waals surface area contributed by atoms with Crippen molar-refractivity contribution in [1.82, 2.24) is 4.90 Å². The summed E-state index contributed by atoms with van der Waals surface area (Å²) in [4.78, 5) is 14.2. The van der Waals surface area contributed by atoms with E-state index >= 15 is 0 Å². The second-order valence-corrected chi connectivity index (χ2v) is 5.84. The Bertz CT molecular complexity index is 438. The van der Waals surface area contributed by atoms with Crippen LogP contribution in [0.1, 0.15) is 37.7 Å². The van der Waals surface area contributed by atoms with E-state index in [0.717, 1.165) is 25.8 Å². The van der Waals surface area contributed by atoms with Crippen LogP contribution in [0.15, 0.2) is 24.3 Å². The summed E-state index contributed by atoms with van der Waals surface area (Å²) in [6.45, 7) is 1.04. The molecule has 2 heterocycles. The van der Waals surface area contributed by atoms with E-state index in [1.807, 2.05) is 12.1 Å². The number of carbonyl (C=O) groups is 1. The summed E-state index contributed by atoms with van der Waals surface area (Å²) in [5.41, 5.74) is 1.26. The number of phenolic OH excluding ortho intramolecular Hbond substituents is 1. The van der Waals surface area contributed by atoms with Gasteiger partial charge in [-0.25, -0.2) is 0 Å². The quantitative estimate of drug-likeness (QED) is 0.906. The lowest BCUT2D eigenvalue weighted by Gasteiger charge is -2.45. The number of ketones is 1. The van der Waals surface area contributed by atoms with E-state index in [4.69, 9.17) is 0 Å². The van der Waals surface area contributed by atoms with Gasteiger partial charge in [0.25, 0.3) is 0 Å². The molecule has 0 amide bonds. The van der Waals surface area contributed by atoms with Crippen molar-refractivity contribution >= 4 is 5.78 Å². The Morgan fingerprint density at radius 1 is 1.11 bits per heavy atom. The average Bonchev–Trinajstić information content (AvgIpc) is 2.38. The third-order valence-corrected chi connectivity index (χ3v) is 4.53. The van der Waals surface area contributed by atoms with Crippen LogP contribution in [0.25, 0.3) is 0 Å².